The first-order chi connectivity index (χ1) is 12.2. The van der Waals surface area contributed by atoms with Crippen molar-refractivity contribution in [3.63, 3.8) is 0 Å². The standard InChI is InChI=1S/C19H28N2O5/c1-19(2,3)26-18(24)21-15(12-14-8-5-4-6-9-14)16(22)13-25-17(23)10-7-11-20/h4-6,8-9,15H,7,10-13,20H2,1-3H3,(H,21,24)/t15-/m0/s1. The zero-order chi connectivity index (χ0) is 19.6. The number of ether oxygens (including phenoxy) is 2. The zero-order valence-corrected chi connectivity index (χ0v) is 15.6. The van der Waals surface area contributed by atoms with Gasteiger partial charge in [-0.3, -0.25) is 9.59 Å². The van der Waals surface area contributed by atoms with Gasteiger partial charge in [0.25, 0.3) is 0 Å². The van der Waals surface area contributed by atoms with Crippen LogP contribution in [0.2, 0.25) is 0 Å². The van der Waals surface area contributed by atoms with Crippen molar-refractivity contribution in [1.82, 2.24) is 5.32 Å². The van der Waals surface area contributed by atoms with Crippen LogP contribution in [0.5, 0.6) is 0 Å². The number of Topliss-reactive ketones (excluding diaryl/α,β-unsaturated/α-hetero) is 1. The van der Waals surface area contributed by atoms with Crippen LogP contribution >= 0.6 is 0 Å². The molecule has 0 aliphatic carbocycles. The van der Waals surface area contributed by atoms with Crippen LogP contribution in [0, 0.1) is 0 Å². The molecule has 0 spiro atoms. The van der Waals surface area contributed by atoms with E-state index in [1.165, 1.54) is 0 Å². The van der Waals surface area contributed by atoms with Crippen molar-refractivity contribution < 1.29 is 23.9 Å². The Labute approximate surface area is 154 Å². The average Bonchev–Trinajstić information content (AvgIpc) is 2.56. The lowest BCUT2D eigenvalue weighted by molar-refractivity contribution is -0.148. The second kappa shape index (κ2) is 10.6. The molecule has 26 heavy (non-hydrogen) atoms. The fraction of sp³-hybridized carbons (Fsp3) is 0.526. The molecule has 1 aromatic rings. The first kappa shape index (κ1) is 21.6. The van der Waals surface area contributed by atoms with Crippen LogP contribution < -0.4 is 11.1 Å². The van der Waals surface area contributed by atoms with Gasteiger partial charge < -0.3 is 20.5 Å². The largest absolute Gasteiger partial charge is 0.458 e. The second-order valence-corrected chi connectivity index (χ2v) is 6.91. The van der Waals surface area contributed by atoms with Crippen LogP contribution in [0.15, 0.2) is 30.3 Å². The summed E-state index contributed by atoms with van der Waals surface area (Å²) in [6, 6.07) is 8.40. The molecule has 0 aliphatic heterocycles. The maximum Gasteiger partial charge on any atom is 0.408 e. The van der Waals surface area contributed by atoms with Crippen LogP contribution in [0.1, 0.15) is 39.2 Å². The highest BCUT2D eigenvalue weighted by molar-refractivity contribution is 5.90. The predicted molar refractivity (Wildman–Crippen MR) is 97.6 cm³/mol. The molecule has 3 N–H and O–H groups in total. The van der Waals surface area contributed by atoms with Gasteiger partial charge in [-0.25, -0.2) is 4.79 Å². The molecular weight excluding hydrogens is 336 g/mol. The van der Waals surface area contributed by atoms with Crippen molar-refractivity contribution in [1.29, 1.82) is 0 Å². The van der Waals surface area contributed by atoms with E-state index in [1.54, 1.807) is 20.8 Å². The summed E-state index contributed by atoms with van der Waals surface area (Å²) in [7, 11) is 0. The van der Waals surface area contributed by atoms with E-state index in [0.717, 1.165) is 5.56 Å². The number of carbonyl (C=O) groups excluding carboxylic acids is 3. The number of alkyl carbamates (subject to hydrolysis) is 1. The van der Waals surface area contributed by atoms with Crippen molar-refractivity contribution in [3.05, 3.63) is 35.9 Å². The van der Waals surface area contributed by atoms with Gasteiger partial charge in [0.2, 0.25) is 0 Å². The fourth-order valence-corrected chi connectivity index (χ4v) is 2.12. The van der Waals surface area contributed by atoms with Crippen molar-refractivity contribution in [3.8, 4) is 0 Å². The molecule has 0 radical (unpaired) electrons. The van der Waals surface area contributed by atoms with E-state index in [0.29, 0.717) is 13.0 Å². The molecule has 0 aliphatic rings. The number of ketones is 1. The Morgan fingerprint density at radius 1 is 1.15 bits per heavy atom. The lowest BCUT2D eigenvalue weighted by atomic mass is 10.0. The highest BCUT2D eigenvalue weighted by Gasteiger charge is 2.25. The monoisotopic (exact) mass is 364 g/mol. The Morgan fingerprint density at radius 2 is 1.81 bits per heavy atom. The van der Waals surface area contributed by atoms with E-state index >= 15 is 0 Å². The molecule has 1 amide bonds. The predicted octanol–water partition coefficient (Wildman–Crippen LogP) is 1.97. The van der Waals surface area contributed by atoms with Crippen LogP contribution in [-0.4, -0.2) is 42.6 Å². The summed E-state index contributed by atoms with van der Waals surface area (Å²) in [6.45, 7) is 5.18. The SMILES string of the molecule is CC(C)(C)OC(=O)N[C@@H](Cc1ccccc1)C(=O)COC(=O)CCCN. The molecule has 1 atom stereocenters. The summed E-state index contributed by atoms with van der Waals surface area (Å²) in [5, 5.41) is 2.57. The summed E-state index contributed by atoms with van der Waals surface area (Å²) in [5.74, 6) is -0.889. The first-order valence-corrected chi connectivity index (χ1v) is 8.63. The van der Waals surface area contributed by atoms with Gasteiger partial charge in [0.05, 0.1) is 6.04 Å². The molecule has 0 bridgehead atoms. The quantitative estimate of drug-likeness (QED) is 0.649. The molecule has 0 aromatic heterocycles. The van der Waals surface area contributed by atoms with E-state index < -0.39 is 36.1 Å². The number of benzene rings is 1. The molecule has 0 heterocycles. The number of amides is 1. The number of esters is 1. The molecular formula is C19H28N2O5. The lowest BCUT2D eigenvalue weighted by Gasteiger charge is -2.23. The molecule has 0 saturated heterocycles. The Bertz CT molecular complexity index is 596. The van der Waals surface area contributed by atoms with Crippen molar-refractivity contribution >= 4 is 17.8 Å². The van der Waals surface area contributed by atoms with Gasteiger partial charge in [0.1, 0.15) is 5.60 Å². The number of rotatable bonds is 9. The Morgan fingerprint density at radius 3 is 2.38 bits per heavy atom. The van der Waals surface area contributed by atoms with E-state index in [9.17, 15) is 14.4 Å². The van der Waals surface area contributed by atoms with E-state index in [2.05, 4.69) is 5.32 Å². The fourth-order valence-electron chi connectivity index (χ4n) is 2.12. The number of hydrogen-bond acceptors (Lipinski definition) is 6. The maximum atomic E-state index is 12.5. The summed E-state index contributed by atoms with van der Waals surface area (Å²) in [5.41, 5.74) is 5.53. The van der Waals surface area contributed by atoms with Crippen molar-refractivity contribution in [2.45, 2.75) is 51.7 Å². The van der Waals surface area contributed by atoms with Crippen LogP contribution in [0.4, 0.5) is 4.79 Å². The topological polar surface area (TPSA) is 108 Å². The molecule has 1 rings (SSSR count). The van der Waals surface area contributed by atoms with Gasteiger partial charge in [0.15, 0.2) is 12.4 Å². The zero-order valence-electron chi connectivity index (χ0n) is 15.6. The first-order valence-electron chi connectivity index (χ1n) is 8.63. The van der Waals surface area contributed by atoms with Gasteiger partial charge in [0, 0.05) is 12.8 Å². The second-order valence-electron chi connectivity index (χ2n) is 6.91. The van der Waals surface area contributed by atoms with Gasteiger partial charge in [-0.15, -0.1) is 0 Å². The number of nitrogens with one attached hydrogen (secondary N) is 1. The molecule has 144 valence electrons. The van der Waals surface area contributed by atoms with Gasteiger partial charge in [-0.05, 0) is 39.3 Å². The molecule has 0 unspecified atom stereocenters. The summed E-state index contributed by atoms with van der Waals surface area (Å²) >= 11 is 0. The van der Waals surface area contributed by atoms with Crippen LogP contribution in [0.3, 0.4) is 0 Å². The minimum Gasteiger partial charge on any atom is -0.458 e. The van der Waals surface area contributed by atoms with E-state index in [4.69, 9.17) is 15.2 Å². The lowest BCUT2D eigenvalue weighted by Crippen LogP contribution is -2.46. The van der Waals surface area contributed by atoms with Crippen molar-refractivity contribution in [2.75, 3.05) is 13.2 Å². The Balaban J connectivity index is 2.71. The third-order valence-electron chi connectivity index (χ3n) is 3.32. The van der Waals surface area contributed by atoms with Gasteiger partial charge in [-0.2, -0.15) is 0 Å². The number of nitrogens with two attached hydrogens (primary N) is 1. The molecule has 0 saturated carbocycles. The summed E-state index contributed by atoms with van der Waals surface area (Å²) in [6.07, 6.45) is 0.240. The van der Waals surface area contributed by atoms with Gasteiger partial charge >= 0.3 is 12.1 Å². The summed E-state index contributed by atoms with van der Waals surface area (Å²) < 4.78 is 10.2. The van der Waals surface area contributed by atoms with Crippen LogP contribution in [0.25, 0.3) is 0 Å². The minimum atomic E-state index is -0.852. The van der Waals surface area contributed by atoms with Gasteiger partial charge in [-0.1, -0.05) is 30.3 Å². The normalized spacial score (nSPS) is 12.2. The highest BCUT2D eigenvalue weighted by atomic mass is 16.6. The maximum absolute atomic E-state index is 12.5. The molecule has 1 aromatic carbocycles. The third-order valence-corrected chi connectivity index (χ3v) is 3.32. The number of carbonyl (C=O) groups is 3. The van der Waals surface area contributed by atoms with E-state index in [1.807, 2.05) is 30.3 Å². The Hall–Kier alpha value is -2.41. The van der Waals surface area contributed by atoms with Crippen molar-refractivity contribution in [2.24, 2.45) is 5.73 Å². The molecule has 7 heteroatoms. The smallest absolute Gasteiger partial charge is 0.408 e. The molecule has 0 fully saturated rings. The van der Waals surface area contributed by atoms with Crippen LogP contribution in [-0.2, 0) is 25.5 Å². The summed E-state index contributed by atoms with van der Waals surface area (Å²) in [4.78, 5) is 36.0. The third kappa shape index (κ3) is 9.17. The highest BCUT2D eigenvalue weighted by Crippen LogP contribution is 2.09. The Kier molecular flexibility index (Phi) is 8.78. The molecule has 7 nitrogen and oxygen atoms in total. The average molecular weight is 364 g/mol. The minimum absolute atomic E-state index is 0.159. The number of hydrogen-bond donors (Lipinski definition) is 2. The van der Waals surface area contributed by atoms with E-state index in [-0.39, 0.29) is 12.8 Å².